The zero-order chi connectivity index (χ0) is 19.9. The van der Waals surface area contributed by atoms with Gasteiger partial charge in [0.2, 0.25) is 0 Å². The monoisotopic (exact) mass is 387 g/mol. The molecule has 4 rings (SSSR count). The number of fused-ring (bicyclic) bond motifs is 1. The van der Waals surface area contributed by atoms with E-state index >= 15 is 0 Å². The van der Waals surface area contributed by atoms with E-state index in [0.717, 1.165) is 31.5 Å². The van der Waals surface area contributed by atoms with Crippen LogP contribution in [0.1, 0.15) is 31.4 Å². The molecule has 0 spiro atoms. The lowest BCUT2D eigenvalue weighted by Crippen LogP contribution is -2.31. The zero-order valence-electron chi connectivity index (χ0n) is 15.9. The first-order valence-electron chi connectivity index (χ1n) is 9.67. The van der Waals surface area contributed by atoms with Gasteiger partial charge in [0.25, 0.3) is 0 Å². The SMILES string of the molecule is C[C@]12C[C@H](Oc3c(O)cccc3F)C[C@H]1CN(CC(O)c1ccc(O)cc1)C2. The molecule has 6 heteroatoms. The zero-order valence-corrected chi connectivity index (χ0v) is 15.9. The van der Waals surface area contributed by atoms with E-state index in [2.05, 4.69) is 11.8 Å². The van der Waals surface area contributed by atoms with Crippen LogP contribution in [0.2, 0.25) is 0 Å². The van der Waals surface area contributed by atoms with Crippen molar-refractivity contribution < 1.29 is 24.4 Å². The van der Waals surface area contributed by atoms with Crippen LogP contribution in [0.3, 0.4) is 0 Å². The molecule has 1 aliphatic heterocycles. The van der Waals surface area contributed by atoms with E-state index in [1.165, 1.54) is 18.2 Å². The van der Waals surface area contributed by atoms with Gasteiger partial charge in [-0.1, -0.05) is 25.1 Å². The average Bonchev–Trinajstić information content (AvgIpc) is 3.09. The Kier molecular flexibility index (Phi) is 4.93. The second-order valence-electron chi connectivity index (χ2n) is 8.42. The molecule has 0 amide bonds. The first-order valence-corrected chi connectivity index (χ1v) is 9.67. The van der Waals surface area contributed by atoms with E-state index < -0.39 is 11.9 Å². The Morgan fingerprint density at radius 3 is 2.64 bits per heavy atom. The van der Waals surface area contributed by atoms with Crippen molar-refractivity contribution in [2.24, 2.45) is 11.3 Å². The third-order valence-corrected chi connectivity index (χ3v) is 6.23. The van der Waals surface area contributed by atoms with Gasteiger partial charge in [-0.2, -0.15) is 0 Å². The quantitative estimate of drug-likeness (QED) is 0.733. The number of hydrogen-bond donors (Lipinski definition) is 3. The van der Waals surface area contributed by atoms with Crippen LogP contribution in [0.4, 0.5) is 4.39 Å². The maximum Gasteiger partial charge on any atom is 0.197 e. The molecule has 2 aromatic rings. The van der Waals surface area contributed by atoms with Crippen molar-refractivity contribution in [3.05, 3.63) is 53.8 Å². The van der Waals surface area contributed by atoms with Crippen molar-refractivity contribution in [3.8, 4) is 17.2 Å². The van der Waals surface area contributed by atoms with Gasteiger partial charge in [0.05, 0.1) is 12.2 Å². The smallest absolute Gasteiger partial charge is 0.197 e. The van der Waals surface area contributed by atoms with Crippen molar-refractivity contribution in [1.29, 1.82) is 0 Å². The molecular formula is C22H26FNO4. The summed E-state index contributed by atoms with van der Waals surface area (Å²) in [5, 5.41) is 29.8. The Bertz CT molecular complexity index is 823. The minimum Gasteiger partial charge on any atom is -0.508 e. The molecule has 1 aliphatic carbocycles. The fourth-order valence-electron chi connectivity index (χ4n) is 4.80. The molecule has 0 aromatic heterocycles. The fourth-order valence-corrected chi connectivity index (χ4v) is 4.80. The van der Waals surface area contributed by atoms with Crippen molar-refractivity contribution in [2.45, 2.75) is 32.0 Å². The highest BCUT2D eigenvalue weighted by atomic mass is 19.1. The normalized spacial score (nSPS) is 28.2. The number of aliphatic hydroxyl groups is 1. The molecule has 28 heavy (non-hydrogen) atoms. The number of β-amino-alcohol motifs (C(OH)–C–C–N with tert-alkyl or cyclic N) is 1. The van der Waals surface area contributed by atoms with E-state index in [1.54, 1.807) is 24.3 Å². The van der Waals surface area contributed by atoms with Gasteiger partial charge in [0.15, 0.2) is 17.3 Å². The summed E-state index contributed by atoms with van der Waals surface area (Å²) < 4.78 is 19.8. The summed E-state index contributed by atoms with van der Waals surface area (Å²) in [6, 6.07) is 10.8. The Labute approximate surface area is 164 Å². The highest BCUT2D eigenvalue weighted by Gasteiger charge is 2.50. The van der Waals surface area contributed by atoms with Crippen LogP contribution in [0, 0.1) is 17.2 Å². The summed E-state index contributed by atoms with van der Waals surface area (Å²) in [4.78, 5) is 2.26. The number of likely N-dealkylation sites (tertiary alicyclic amines) is 1. The van der Waals surface area contributed by atoms with Crippen LogP contribution < -0.4 is 4.74 Å². The molecule has 1 saturated carbocycles. The number of benzene rings is 2. The summed E-state index contributed by atoms with van der Waals surface area (Å²) in [6.07, 6.45) is 0.861. The van der Waals surface area contributed by atoms with Crippen molar-refractivity contribution in [3.63, 3.8) is 0 Å². The highest BCUT2D eigenvalue weighted by molar-refractivity contribution is 5.39. The van der Waals surface area contributed by atoms with Gasteiger partial charge in [-0.25, -0.2) is 4.39 Å². The highest BCUT2D eigenvalue weighted by Crippen LogP contribution is 2.50. The molecule has 0 bridgehead atoms. The lowest BCUT2D eigenvalue weighted by Gasteiger charge is -2.26. The van der Waals surface area contributed by atoms with Gasteiger partial charge < -0.3 is 20.1 Å². The minimum atomic E-state index is -0.606. The minimum absolute atomic E-state index is 0.0419. The van der Waals surface area contributed by atoms with Gasteiger partial charge in [-0.05, 0) is 54.0 Å². The van der Waals surface area contributed by atoms with Crippen LogP contribution in [0.5, 0.6) is 17.2 Å². The Hall–Kier alpha value is -2.31. The van der Waals surface area contributed by atoms with Gasteiger partial charge in [0, 0.05) is 19.6 Å². The standard InChI is InChI=1S/C22H26FNO4/c1-22-10-17(28-21-18(23)3-2-4-19(21)26)9-15(22)11-24(13-22)12-20(27)14-5-7-16(25)8-6-14/h2-8,15,17,20,25-27H,9-13H2,1H3/t15-,17+,20?,22+/m0/s1. The van der Waals surface area contributed by atoms with Crippen LogP contribution in [0.25, 0.3) is 0 Å². The third kappa shape index (κ3) is 3.66. The number of phenols is 2. The molecule has 4 atom stereocenters. The molecule has 2 aliphatic rings. The summed E-state index contributed by atoms with van der Waals surface area (Å²) in [6.45, 7) is 4.45. The maximum atomic E-state index is 13.9. The molecule has 3 N–H and O–H groups in total. The van der Waals surface area contributed by atoms with Gasteiger partial charge in [-0.3, -0.25) is 4.90 Å². The fraction of sp³-hybridized carbons (Fsp3) is 0.455. The molecule has 1 saturated heterocycles. The Morgan fingerprint density at radius 1 is 1.21 bits per heavy atom. The number of phenolic OH excluding ortho intramolecular Hbond substituents is 2. The number of nitrogens with zero attached hydrogens (tertiary/aromatic N) is 1. The van der Waals surface area contributed by atoms with E-state index in [1.807, 2.05) is 0 Å². The average molecular weight is 387 g/mol. The lowest BCUT2D eigenvalue weighted by molar-refractivity contribution is 0.109. The van der Waals surface area contributed by atoms with Crippen LogP contribution in [0.15, 0.2) is 42.5 Å². The van der Waals surface area contributed by atoms with Gasteiger partial charge in [0.1, 0.15) is 5.75 Å². The summed E-state index contributed by atoms with van der Waals surface area (Å²) in [5.41, 5.74) is 0.830. The van der Waals surface area contributed by atoms with E-state index in [4.69, 9.17) is 4.74 Å². The first-order chi connectivity index (χ1) is 13.3. The maximum absolute atomic E-state index is 13.9. The van der Waals surface area contributed by atoms with Crippen LogP contribution >= 0.6 is 0 Å². The number of rotatable bonds is 5. The number of aromatic hydroxyl groups is 2. The topological polar surface area (TPSA) is 73.2 Å². The van der Waals surface area contributed by atoms with Crippen LogP contribution in [-0.2, 0) is 0 Å². The number of aliphatic hydroxyl groups excluding tert-OH is 1. The molecule has 1 heterocycles. The largest absolute Gasteiger partial charge is 0.508 e. The van der Waals surface area contributed by atoms with Crippen molar-refractivity contribution in [2.75, 3.05) is 19.6 Å². The molecule has 1 unspecified atom stereocenters. The van der Waals surface area contributed by atoms with E-state index in [9.17, 15) is 19.7 Å². The van der Waals surface area contributed by atoms with Gasteiger partial charge >= 0.3 is 0 Å². The van der Waals surface area contributed by atoms with Crippen molar-refractivity contribution >= 4 is 0 Å². The predicted octanol–water partition coefficient (Wildman–Crippen LogP) is 3.45. The molecule has 2 fully saturated rings. The molecule has 0 radical (unpaired) electrons. The van der Waals surface area contributed by atoms with Crippen LogP contribution in [-0.4, -0.2) is 46.0 Å². The molecule has 5 nitrogen and oxygen atoms in total. The molecular weight excluding hydrogens is 361 g/mol. The number of ether oxygens (including phenoxy) is 1. The summed E-state index contributed by atoms with van der Waals surface area (Å²) in [7, 11) is 0. The van der Waals surface area contributed by atoms with Gasteiger partial charge in [-0.15, -0.1) is 0 Å². The number of para-hydroxylation sites is 1. The van der Waals surface area contributed by atoms with E-state index in [-0.39, 0.29) is 28.8 Å². The summed E-state index contributed by atoms with van der Waals surface area (Å²) in [5.74, 6) is -0.179. The first kappa shape index (κ1) is 19.0. The number of hydrogen-bond acceptors (Lipinski definition) is 5. The summed E-state index contributed by atoms with van der Waals surface area (Å²) >= 11 is 0. The predicted molar refractivity (Wildman–Crippen MR) is 103 cm³/mol. The van der Waals surface area contributed by atoms with E-state index in [0.29, 0.717) is 12.5 Å². The molecule has 150 valence electrons. The second kappa shape index (κ2) is 7.26. The number of halogens is 1. The molecule has 2 aromatic carbocycles. The third-order valence-electron chi connectivity index (χ3n) is 6.23. The second-order valence-corrected chi connectivity index (χ2v) is 8.42. The van der Waals surface area contributed by atoms with Crippen molar-refractivity contribution in [1.82, 2.24) is 4.90 Å². The Balaban J connectivity index is 1.36. The Morgan fingerprint density at radius 2 is 1.96 bits per heavy atom. The lowest BCUT2D eigenvalue weighted by atomic mass is 9.83.